The first-order valence-electron chi connectivity index (χ1n) is 6.44. The first-order valence-corrected chi connectivity index (χ1v) is 6.44. The summed E-state index contributed by atoms with van der Waals surface area (Å²) >= 11 is 0. The Morgan fingerprint density at radius 2 is 1.71 bits per heavy atom. The molecule has 1 fully saturated rings. The molecular formula is C12H25NO4. The van der Waals surface area contributed by atoms with Crippen molar-refractivity contribution in [2.24, 2.45) is 5.92 Å². The Morgan fingerprint density at radius 3 is 2.18 bits per heavy atom. The zero-order valence-electron chi connectivity index (χ0n) is 10.7. The van der Waals surface area contributed by atoms with Crippen LogP contribution < -0.4 is 0 Å². The second-order valence-corrected chi connectivity index (χ2v) is 4.93. The lowest BCUT2D eigenvalue weighted by Crippen LogP contribution is -2.63. The molecule has 17 heavy (non-hydrogen) atoms. The molecule has 0 bridgehead atoms. The summed E-state index contributed by atoms with van der Waals surface area (Å²) in [6.45, 7) is 5.05. The van der Waals surface area contributed by atoms with Crippen LogP contribution in [0.3, 0.4) is 0 Å². The summed E-state index contributed by atoms with van der Waals surface area (Å²) in [5.41, 5.74) is 0. The SMILES string of the molecule is CCC(CC)CN1C[C@H](O)[C@@H](O)[C@H](O)C1CO. The molecule has 0 aliphatic carbocycles. The molecule has 1 unspecified atom stereocenters. The largest absolute Gasteiger partial charge is 0.395 e. The smallest absolute Gasteiger partial charge is 0.109 e. The lowest BCUT2D eigenvalue weighted by Gasteiger charge is -2.44. The van der Waals surface area contributed by atoms with E-state index >= 15 is 0 Å². The molecule has 1 saturated heterocycles. The first kappa shape index (κ1) is 14.9. The van der Waals surface area contributed by atoms with E-state index in [4.69, 9.17) is 0 Å². The second-order valence-electron chi connectivity index (χ2n) is 4.93. The van der Waals surface area contributed by atoms with Gasteiger partial charge in [-0.1, -0.05) is 26.7 Å². The summed E-state index contributed by atoms with van der Waals surface area (Å²) in [6.07, 6.45) is -1.13. The predicted molar refractivity (Wildman–Crippen MR) is 64.5 cm³/mol. The van der Waals surface area contributed by atoms with Gasteiger partial charge in [-0.2, -0.15) is 0 Å². The number of nitrogens with zero attached hydrogens (tertiary/aromatic N) is 1. The third-order valence-electron chi connectivity index (χ3n) is 3.86. The van der Waals surface area contributed by atoms with Crippen molar-refractivity contribution in [3.63, 3.8) is 0 Å². The third-order valence-corrected chi connectivity index (χ3v) is 3.86. The van der Waals surface area contributed by atoms with Gasteiger partial charge in [0.1, 0.15) is 12.2 Å². The molecule has 0 spiro atoms. The molecule has 1 heterocycles. The highest BCUT2D eigenvalue weighted by Gasteiger charge is 2.41. The maximum atomic E-state index is 9.82. The summed E-state index contributed by atoms with van der Waals surface area (Å²) in [6, 6.07) is -0.478. The van der Waals surface area contributed by atoms with Crippen molar-refractivity contribution in [1.29, 1.82) is 0 Å². The normalized spacial score (nSPS) is 35.5. The number of hydrogen-bond acceptors (Lipinski definition) is 5. The van der Waals surface area contributed by atoms with Crippen molar-refractivity contribution in [2.45, 2.75) is 51.0 Å². The zero-order valence-corrected chi connectivity index (χ0v) is 10.7. The Morgan fingerprint density at radius 1 is 1.12 bits per heavy atom. The van der Waals surface area contributed by atoms with E-state index in [9.17, 15) is 20.4 Å². The van der Waals surface area contributed by atoms with Gasteiger partial charge in [0, 0.05) is 13.1 Å². The lowest BCUT2D eigenvalue weighted by molar-refractivity contribution is -0.147. The minimum absolute atomic E-state index is 0.203. The lowest BCUT2D eigenvalue weighted by atomic mass is 9.92. The van der Waals surface area contributed by atoms with Crippen LogP contribution in [0.25, 0.3) is 0 Å². The van der Waals surface area contributed by atoms with Gasteiger partial charge in [0.15, 0.2) is 0 Å². The van der Waals surface area contributed by atoms with E-state index in [0.29, 0.717) is 12.5 Å². The third kappa shape index (κ3) is 3.39. The Balaban J connectivity index is 2.68. The Labute approximate surface area is 103 Å². The van der Waals surface area contributed by atoms with Gasteiger partial charge in [0.2, 0.25) is 0 Å². The van der Waals surface area contributed by atoms with E-state index in [1.54, 1.807) is 0 Å². The maximum absolute atomic E-state index is 9.82. The molecular weight excluding hydrogens is 222 g/mol. The maximum Gasteiger partial charge on any atom is 0.109 e. The van der Waals surface area contributed by atoms with Crippen LogP contribution in [0.2, 0.25) is 0 Å². The summed E-state index contributed by atoms with van der Waals surface area (Å²) in [7, 11) is 0. The summed E-state index contributed by atoms with van der Waals surface area (Å²) in [4.78, 5) is 1.89. The summed E-state index contributed by atoms with van der Waals surface area (Å²) < 4.78 is 0. The fraction of sp³-hybridized carbons (Fsp3) is 1.00. The van der Waals surface area contributed by atoms with Crippen molar-refractivity contribution in [1.82, 2.24) is 4.90 Å². The van der Waals surface area contributed by atoms with E-state index in [1.165, 1.54) is 0 Å². The highest BCUT2D eigenvalue weighted by Crippen LogP contribution is 2.21. The monoisotopic (exact) mass is 247 g/mol. The minimum Gasteiger partial charge on any atom is -0.395 e. The molecule has 0 aromatic heterocycles. The number of rotatable bonds is 5. The number of aliphatic hydroxyl groups excluding tert-OH is 4. The Hall–Kier alpha value is -0.200. The van der Waals surface area contributed by atoms with Crippen LogP contribution in [0.5, 0.6) is 0 Å². The fourth-order valence-electron chi connectivity index (χ4n) is 2.47. The zero-order chi connectivity index (χ0) is 13.0. The van der Waals surface area contributed by atoms with Gasteiger partial charge in [-0.3, -0.25) is 4.90 Å². The van der Waals surface area contributed by atoms with E-state index < -0.39 is 24.4 Å². The van der Waals surface area contributed by atoms with Crippen molar-refractivity contribution in [3.8, 4) is 0 Å². The van der Waals surface area contributed by atoms with E-state index in [2.05, 4.69) is 13.8 Å². The molecule has 5 nitrogen and oxygen atoms in total. The highest BCUT2D eigenvalue weighted by molar-refractivity contribution is 4.94. The minimum atomic E-state index is -1.16. The van der Waals surface area contributed by atoms with Crippen LogP contribution in [0.1, 0.15) is 26.7 Å². The second kappa shape index (κ2) is 6.66. The molecule has 1 aliphatic rings. The van der Waals surface area contributed by atoms with Crippen LogP contribution in [0.4, 0.5) is 0 Å². The van der Waals surface area contributed by atoms with Gasteiger partial charge in [-0.15, -0.1) is 0 Å². The molecule has 5 heteroatoms. The standard InChI is InChI=1S/C12H25NO4/c1-3-8(4-2)5-13-6-10(15)12(17)11(16)9(13)7-14/h8-12,14-17H,3-7H2,1-2H3/t9?,10-,11+,12+/m0/s1. The molecule has 0 aromatic rings. The molecule has 1 rings (SSSR count). The van der Waals surface area contributed by atoms with Crippen LogP contribution in [0, 0.1) is 5.92 Å². The number of aliphatic hydroxyl groups is 4. The van der Waals surface area contributed by atoms with Gasteiger partial charge in [0.05, 0.1) is 18.8 Å². The number of piperidine rings is 1. The van der Waals surface area contributed by atoms with E-state index in [-0.39, 0.29) is 6.61 Å². The quantitative estimate of drug-likeness (QED) is 0.510. The number of β-amino-alcohol motifs (C(OH)–C–C–N with tert-alkyl or cyclic N) is 1. The van der Waals surface area contributed by atoms with Crippen LogP contribution in [-0.4, -0.2) is 69.4 Å². The van der Waals surface area contributed by atoms with Crippen molar-refractivity contribution in [2.75, 3.05) is 19.7 Å². The molecule has 102 valence electrons. The summed E-state index contributed by atoms with van der Waals surface area (Å²) in [5.74, 6) is 0.485. The van der Waals surface area contributed by atoms with Crippen LogP contribution >= 0.6 is 0 Å². The van der Waals surface area contributed by atoms with Crippen LogP contribution in [-0.2, 0) is 0 Å². The van der Waals surface area contributed by atoms with Crippen LogP contribution in [0.15, 0.2) is 0 Å². The summed E-state index contributed by atoms with van der Waals surface area (Å²) in [5, 5.41) is 38.4. The van der Waals surface area contributed by atoms with Gasteiger partial charge < -0.3 is 20.4 Å². The van der Waals surface area contributed by atoms with Crippen molar-refractivity contribution in [3.05, 3.63) is 0 Å². The van der Waals surface area contributed by atoms with Crippen molar-refractivity contribution >= 4 is 0 Å². The highest BCUT2D eigenvalue weighted by atomic mass is 16.4. The van der Waals surface area contributed by atoms with Gasteiger partial charge >= 0.3 is 0 Å². The topological polar surface area (TPSA) is 84.2 Å². The first-order chi connectivity index (χ1) is 8.04. The fourth-order valence-corrected chi connectivity index (χ4v) is 2.47. The number of hydrogen-bond donors (Lipinski definition) is 4. The predicted octanol–water partition coefficient (Wildman–Crippen LogP) is -0.818. The average Bonchev–Trinajstić information content (AvgIpc) is 2.33. The molecule has 0 aromatic carbocycles. The van der Waals surface area contributed by atoms with Gasteiger partial charge in [0.25, 0.3) is 0 Å². The Kier molecular flexibility index (Phi) is 5.82. The Bertz CT molecular complexity index is 223. The van der Waals surface area contributed by atoms with Gasteiger partial charge in [-0.25, -0.2) is 0 Å². The number of likely N-dealkylation sites (tertiary alicyclic amines) is 1. The molecule has 1 aliphatic heterocycles. The van der Waals surface area contributed by atoms with E-state index in [1.807, 2.05) is 4.90 Å². The molecule has 0 radical (unpaired) electrons. The molecule has 0 saturated carbocycles. The molecule has 4 atom stereocenters. The molecule has 0 amide bonds. The molecule has 4 N–H and O–H groups in total. The average molecular weight is 247 g/mol. The van der Waals surface area contributed by atoms with E-state index in [0.717, 1.165) is 19.4 Å². The van der Waals surface area contributed by atoms with Crippen molar-refractivity contribution < 1.29 is 20.4 Å². The van der Waals surface area contributed by atoms with Gasteiger partial charge in [-0.05, 0) is 5.92 Å².